The summed E-state index contributed by atoms with van der Waals surface area (Å²) in [6.07, 6.45) is 1.50. The molecule has 10 heteroatoms. The maximum absolute atomic E-state index is 13.6. The summed E-state index contributed by atoms with van der Waals surface area (Å²) in [5.74, 6) is -3.68. The zero-order chi connectivity index (χ0) is 23.7. The second kappa shape index (κ2) is 8.70. The van der Waals surface area contributed by atoms with Crippen LogP contribution in [0, 0.1) is 0 Å². The molecule has 0 saturated heterocycles. The van der Waals surface area contributed by atoms with E-state index in [1.165, 1.54) is 41.2 Å². The lowest BCUT2D eigenvalue weighted by molar-refractivity contribution is 0.0175. The van der Waals surface area contributed by atoms with Gasteiger partial charge in [0.1, 0.15) is 5.69 Å². The lowest BCUT2D eigenvalue weighted by atomic mass is 10.0. The molecule has 2 N–H and O–H groups in total. The van der Waals surface area contributed by atoms with E-state index < -0.39 is 15.9 Å². The molecule has 1 heterocycles. The average molecular weight is 463 g/mol. The molecule has 0 saturated carbocycles. The fourth-order valence-corrected chi connectivity index (χ4v) is 4.58. The van der Waals surface area contributed by atoms with Gasteiger partial charge < -0.3 is 5.32 Å². The first-order valence-electron chi connectivity index (χ1n) is 9.83. The van der Waals surface area contributed by atoms with Crippen molar-refractivity contribution in [1.82, 2.24) is 9.78 Å². The Hall–Kier alpha value is -3.27. The number of sulfonamides is 1. The van der Waals surface area contributed by atoms with Crippen molar-refractivity contribution >= 4 is 27.3 Å². The Kier molecular flexibility index (Phi) is 6.36. The topological polar surface area (TPSA) is 93.1 Å². The standard InChI is InChI=1S/C22H24F2N4O3S/c1-14(2)18-13-16(26-21(29)19-10-11-25-28(19)4)8-9-20(18)32(30,31)27-17-7-5-6-15(12-17)22(3,23)24/h5-14,27H,1-4H3,(H,26,29). The quantitative estimate of drug-likeness (QED) is 0.532. The molecule has 3 rings (SSSR count). The van der Waals surface area contributed by atoms with E-state index in [2.05, 4.69) is 15.1 Å². The third-order valence-corrected chi connectivity index (χ3v) is 6.31. The van der Waals surface area contributed by atoms with Crippen LogP contribution in [0.15, 0.2) is 59.6 Å². The Morgan fingerprint density at radius 3 is 2.41 bits per heavy atom. The number of aromatic nitrogens is 2. The van der Waals surface area contributed by atoms with Crippen molar-refractivity contribution in [3.8, 4) is 0 Å². The van der Waals surface area contributed by atoms with Crippen LogP contribution in [-0.2, 0) is 23.0 Å². The largest absolute Gasteiger partial charge is 0.321 e. The first-order valence-corrected chi connectivity index (χ1v) is 11.3. The number of carbonyl (C=O) groups excluding carboxylic acids is 1. The summed E-state index contributed by atoms with van der Waals surface area (Å²) < 4.78 is 57.1. The highest BCUT2D eigenvalue weighted by atomic mass is 32.2. The second-order valence-corrected chi connectivity index (χ2v) is 9.43. The molecule has 1 amide bonds. The van der Waals surface area contributed by atoms with Gasteiger partial charge in [-0.05, 0) is 47.9 Å². The third-order valence-electron chi connectivity index (χ3n) is 4.85. The zero-order valence-electron chi connectivity index (χ0n) is 18.1. The van der Waals surface area contributed by atoms with Crippen LogP contribution in [0.25, 0.3) is 0 Å². The molecule has 0 bridgehead atoms. The second-order valence-electron chi connectivity index (χ2n) is 7.78. The monoisotopic (exact) mass is 462 g/mol. The van der Waals surface area contributed by atoms with Gasteiger partial charge in [0.2, 0.25) is 0 Å². The molecule has 0 atom stereocenters. The molecular weight excluding hydrogens is 438 g/mol. The van der Waals surface area contributed by atoms with E-state index in [0.717, 1.165) is 13.0 Å². The van der Waals surface area contributed by atoms with E-state index in [1.807, 2.05) is 13.8 Å². The number of anilines is 2. The fraction of sp³-hybridized carbons (Fsp3) is 0.273. The highest BCUT2D eigenvalue weighted by Crippen LogP contribution is 2.31. The van der Waals surface area contributed by atoms with Crippen molar-refractivity contribution in [2.45, 2.75) is 37.5 Å². The van der Waals surface area contributed by atoms with Gasteiger partial charge in [-0.25, -0.2) is 17.2 Å². The number of halogens is 2. The van der Waals surface area contributed by atoms with Crippen LogP contribution >= 0.6 is 0 Å². The molecule has 1 aromatic heterocycles. The smallest absolute Gasteiger partial charge is 0.273 e. The average Bonchev–Trinajstić information content (AvgIpc) is 3.13. The highest BCUT2D eigenvalue weighted by molar-refractivity contribution is 7.92. The maximum atomic E-state index is 13.6. The molecule has 32 heavy (non-hydrogen) atoms. The van der Waals surface area contributed by atoms with Crippen LogP contribution < -0.4 is 10.0 Å². The molecule has 0 spiro atoms. The molecule has 2 aromatic carbocycles. The lowest BCUT2D eigenvalue weighted by Crippen LogP contribution is -2.18. The van der Waals surface area contributed by atoms with Crippen molar-refractivity contribution in [2.24, 2.45) is 7.05 Å². The summed E-state index contributed by atoms with van der Waals surface area (Å²) in [6.45, 7) is 4.38. The van der Waals surface area contributed by atoms with Gasteiger partial charge in [-0.15, -0.1) is 0 Å². The Bertz CT molecular complexity index is 1250. The molecule has 170 valence electrons. The number of alkyl halides is 2. The van der Waals surface area contributed by atoms with E-state index in [4.69, 9.17) is 0 Å². The molecule has 0 aliphatic rings. The summed E-state index contributed by atoms with van der Waals surface area (Å²) in [6, 6.07) is 11.1. The van der Waals surface area contributed by atoms with E-state index in [1.54, 1.807) is 19.2 Å². The van der Waals surface area contributed by atoms with E-state index >= 15 is 0 Å². The van der Waals surface area contributed by atoms with Gasteiger partial charge in [-0.2, -0.15) is 5.10 Å². The number of nitrogens with one attached hydrogen (secondary N) is 2. The lowest BCUT2D eigenvalue weighted by Gasteiger charge is -2.17. The predicted octanol–water partition coefficient (Wildman–Crippen LogP) is 4.71. The van der Waals surface area contributed by atoms with Crippen LogP contribution in [0.2, 0.25) is 0 Å². The molecule has 0 fully saturated rings. The number of aryl methyl sites for hydroxylation is 1. The number of nitrogens with zero attached hydrogens (tertiary/aromatic N) is 2. The minimum absolute atomic E-state index is 0.000283. The Labute approximate surface area is 185 Å². The summed E-state index contributed by atoms with van der Waals surface area (Å²) in [5.41, 5.74) is 0.980. The SMILES string of the molecule is CC(C)c1cc(NC(=O)c2ccnn2C)ccc1S(=O)(=O)Nc1cccc(C(C)(F)F)c1. The Morgan fingerprint density at radius 2 is 1.81 bits per heavy atom. The summed E-state index contributed by atoms with van der Waals surface area (Å²) in [4.78, 5) is 12.4. The van der Waals surface area contributed by atoms with Crippen molar-refractivity contribution in [3.05, 3.63) is 71.5 Å². The molecule has 7 nitrogen and oxygen atoms in total. The number of hydrogen-bond acceptors (Lipinski definition) is 4. The zero-order valence-corrected chi connectivity index (χ0v) is 18.9. The fourth-order valence-electron chi connectivity index (χ4n) is 3.18. The number of rotatable bonds is 7. The van der Waals surface area contributed by atoms with Crippen LogP contribution in [0.5, 0.6) is 0 Å². The maximum Gasteiger partial charge on any atom is 0.273 e. The molecule has 0 unspecified atom stereocenters. The number of benzene rings is 2. The van der Waals surface area contributed by atoms with Crippen molar-refractivity contribution in [2.75, 3.05) is 10.0 Å². The number of carbonyl (C=O) groups is 1. The minimum Gasteiger partial charge on any atom is -0.321 e. The van der Waals surface area contributed by atoms with Gasteiger partial charge in [-0.3, -0.25) is 14.2 Å². The van der Waals surface area contributed by atoms with E-state index in [-0.39, 0.29) is 28.0 Å². The van der Waals surface area contributed by atoms with Gasteiger partial charge in [0.25, 0.3) is 21.9 Å². The van der Waals surface area contributed by atoms with Crippen LogP contribution in [0.4, 0.5) is 20.2 Å². The molecule has 0 radical (unpaired) electrons. The van der Waals surface area contributed by atoms with Gasteiger partial charge in [0.15, 0.2) is 0 Å². The van der Waals surface area contributed by atoms with Gasteiger partial charge in [-0.1, -0.05) is 26.0 Å². The van der Waals surface area contributed by atoms with Crippen LogP contribution in [0.1, 0.15) is 48.3 Å². The summed E-state index contributed by atoms with van der Waals surface area (Å²) in [5, 5.41) is 6.69. The number of hydrogen-bond donors (Lipinski definition) is 2. The first kappa shape index (κ1) is 23.4. The first-order chi connectivity index (χ1) is 14.9. The highest BCUT2D eigenvalue weighted by Gasteiger charge is 2.26. The Balaban J connectivity index is 1.91. The van der Waals surface area contributed by atoms with Gasteiger partial charge >= 0.3 is 0 Å². The number of amides is 1. The van der Waals surface area contributed by atoms with Crippen LogP contribution in [0.3, 0.4) is 0 Å². The molecule has 0 aliphatic carbocycles. The van der Waals surface area contributed by atoms with Crippen molar-refractivity contribution < 1.29 is 22.0 Å². The predicted molar refractivity (Wildman–Crippen MR) is 119 cm³/mol. The van der Waals surface area contributed by atoms with Crippen LogP contribution in [-0.4, -0.2) is 24.1 Å². The Morgan fingerprint density at radius 1 is 1.09 bits per heavy atom. The van der Waals surface area contributed by atoms with E-state index in [9.17, 15) is 22.0 Å². The van der Waals surface area contributed by atoms with Gasteiger partial charge in [0.05, 0.1) is 4.90 Å². The molecule has 0 aliphatic heterocycles. The minimum atomic E-state index is -4.07. The normalized spacial score (nSPS) is 12.1. The molecule has 3 aromatic rings. The summed E-state index contributed by atoms with van der Waals surface area (Å²) in [7, 11) is -2.43. The van der Waals surface area contributed by atoms with Crippen molar-refractivity contribution in [1.29, 1.82) is 0 Å². The summed E-state index contributed by atoms with van der Waals surface area (Å²) >= 11 is 0. The molecular formula is C22H24F2N4O3S. The van der Waals surface area contributed by atoms with Gasteiger partial charge in [0, 0.05) is 37.1 Å². The third kappa shape index (κ3) is 5.13. The van der Waals surface area contributed by atoms with Crippen molar-refractivity contribution in [3.63, 3.8) is 0 Å². The van der Waals surface area contributed by atoms with E-state index in [0.29, 0.717) is 16.9 Å².